The lowest BCUT2D eigenvalue weighted by atomic mass is 10.2. The van der Waals surface area contributed by atoms with Gasteiger partial charge in [-0.1, -0.05) is 6.92 Å². The molecule has 3 aromatic rings. The standard InChI is InChI=1S/C17H20N6OS/c1-4-8-23-14(10-24)21-22-17(23)25-16-11(2)12(3)19-15(20-16)13-6-5-7-18-9-13/h5-7,9,24H,4,8,10H2,1-3H3. The van der Waals surface area contributed by atoms with Gasteiger partial charge in [-0.3, -0.25) is 4.98 Å². The molecule has 0 saturated heterocycles. The second-order valence-electron chi connectivity index (χ2n) is 5.62. The number of aliphatic hydroxyl groups excluding tert-OH is 1. The number of hydrogen-bond donors (Lipinski definition) is 1. The van der Waals surface area contributed by atoms with Crippen LogP contribution in [0.1, 0.15) is 30.4 Å². The van der Waals surface area contributed by atoms with Crippen LogP contribution in [0.4, 0.5) is 0 Å². The van der Waals surface area contributed by atoms with Crippen molar-refractivity contribution >= 4 is 11.8 Å². The van der Waals surface area contributed by atoms with Crippen LogP contribution in [0.15, 0.2) is 34.7 Å². The Morgan fingerprint density at radius 2 is 2.04 bits per heavy atom. The average Bonchev–Trinajstić information content (AvgIpc) is 3.01. The molecule has 0 atom stereocenters. The van der Waals surface area contributed by atoms with Crippen LogP contribution in [0.2, 0.25) is 0 Å². The maximum atomic E-state index is 9.45. The zero-order valence-corrected chi connectivity index (χ0v) is 15.3. The van der Waals surface area contributed by atoms with Crippen molar-refractivity contribution in [2.75, 3.05) is 0 Å². The number of aliphatic hydroxyl groups is 1. The monoisotopic (exact) mass is 356 g/mol. The molecule has 0 radical (unpaired) electrons. The van der Waals surface area contributed by atoms with Gasteiger partial charge in [-0.15, -0.1) is 10.2 Å². The van der Waals surface area contributed by atoms with Crippen LogP contribution in [-0.2, 0) is 13.2 Å². The molecule has 3 rings (SSSR count). The van der Waals surface area contributed by atoms with Gasteiger partial charge < -0.3 is 9.67 Å². The summed E-state index contributed by atoms with van der Waals surface area (Å²) in [5, 5.41) is 19.3. The summed E-state index contributed by atoms with van der Waals surface area (Å²) in [5.41, 5.74) is 2.80. The third-order valence-corrected chi connectivity index (χ3v) is 4.91. The van der Waals surface area contributed by atoms with Crippen LogP contribution in [0.3, 0.4) is 0 Å². The summed E-state index contributed by atoms with van der Waals surface area (Å²) < 4.78 is 1.94. The predicted octanol–water partition coefficient (Wildman–Crippen LogP) is 2.80. The lowest BCUT2D eigenvalue weighted by molar-refractivity contribution is 0.263. The molecule has 130 valence electrons. The van der Waals surface area contributed by atoms with E-state index in [0.717, 1.165) is 40.0 Å². The minimum absolute atomic E-state index is 0.129. The zero-order chi connectivity index (χ0) is 17.8. The van der Waals surface area contributed by atoms with Crippen molar-refractivity contribution in [3.05, 3.63) is 41.6 Å². The Hall–Kier alpha value is -2.32. The molecule has 0 bridgehead atoms. The van der Waals surface area contributed by atoms with Gasteiger partial charge in [-0.2, -0.15) is 0 Å². The first-order valence-electron chi connectivity index (χ1n) is 8.10. The molecule has 0 aliphatic carbocycles. The number of aromatic nitrogens is 6. The molecule has 3 heterocycles. The number of nitrogens with zero attached hydrogens (tertiary/aromatic N) is 6. The molecule has 0 saturated carbocycles. The normalized spacial score (nSPS) is 11.0. The van der Waals surface area contributed by atoms with E-state index < -0.39 is 0 Å². The Balaban J connectivity index is 2.01. The van der Waals surface area contributed by atoms with Crippen molar-refractivity contribution in [1.82, 2.24) is 29.7 Å². The van der Waals surface area contributed by atoms with E-state index in [9.17, 15) is 5.11 Å². The topological polar surface area (TPSA) is 89.6 Å². The molecule has 0 amide bonds. The van der Waals surface area contributed by atoms with Crippen molar-refractivity contribution in [1.29, 1.82) is 0 Å². The van der Waals surface area contributed by atoms with E-state index >= 15 is 0 Å². The van der Waals surface area contributed by atoms with E-state index in [1.54, 1.807) is 12.4 Å². The maximum absolute atomic E-state index is 9.45. The lowest BCUT2D eigenvalue weighted by Crippen LogP contribution is -2.05. The van der Waals surface area contributed by atoms with Gasteiger partial charge >= 0.3 is 0 Å². The molecular weight excluding hydrogens is 336 g/mol. The van der Waals surface area contributed by atoms with Crippen molar-refractivity contribution < 1.29 is 5.11 Å². The molecule has 8 heteroatoms. The smallest absolute Gasteiger partial charge is 0.197 e. The highest BCUT2D eigenvalue weighted by Gasteiger charge is 2.16. The highest BCUT2D eigenvalue weighted by atomic mass is 32.2. The average molecular weight is 356 g/mol. The summed E-state index contributed by atoms with van der Waals surface area (Å²) >= 11 is 1.45. The molecule has 0 spiro atoms. The van der Waals surface area contributed by atoms with Crippen LogP contribution in [-0.4, -0.2) is 34.8 Å². The van der Waals surface area contributed by atoms with Gasteiger partial charge in [0.15, 0.2) is 16.8 Å². The Morgan fingerprint density at radius 3 is 2.72 bits per heavy atom. The fraction of sp³-hybridized carbons (Fsp3) is 0.353. The van der Waals surface area contributed by atoms with Gasteiger partial charge in [-0.25, -0.2) is 9.97 Å². The van der Waals surface area contributed by atoms with Crippen LogP contribution < -0.4 is 0 Å². The maximum Gasteiger partial charge on any atom is 0.197 e. The van der Waals surface area contributed by atoms with Gasteiger partial charge in [0, 0.05) is 35.8 Å². The molecule has 0 aliphatic rings. The van der Waals surface area contributed by atoms with E-state index in [0.29, 0.717) is 11.6 Å². The predicted molar refractivity (Wildman–Crippen MR) is 95.1 cm³/mol. The van der Waals surface area contributed by atoms with Crippen LogP contribution in [0.5, 0.6) is 0 Å². The first-order valence-corrected chi connectivity index (χ1v) is 8.92. The highest BCUT2D eigenvalue weighted by molar-refractivity contribution is 7.99. The summed E-state index contributed by atoms with van der Waals surface area (Å²) in [6.07, 6.45) is 4.41. The van der Waals surface area contributed by atoms with Gasteiger partial charge in [0.1, 0.15) is 11.6 Å². The van der Waals surface area contributed by atoms with Crippen molar-refractivity contribution in [3.8, 4) is 11.4 Å². The highest BCUT2D eigenvalue weighted by Crippen LogP contribution is 2.30. The summed E-state index contributed by atoms with van der Waals surface area (Å²) in [6.45, 7) is 6.67. The largest absolute Gasteiger partial charge is 0.388 e. The van der Waals surface area contributed by atoms with Crippen LogP contribution >= 0.6 is 11.8 Å². The van der Waals surface area contributed by atoms with E-state index in [4.69, 9.17) is 4.98 Å². The summed E-state index contributed by atoms with van der Waals surface area (Å²) in [4.78, 5) is 13.4. The summed E-state index contributed by atoms with van der Waals surface area (Å²) in [5.74, 6) is 1.21. The van der Waals surface area contributed by atoms with Crippen LogP contribution in [0, 0.1) is 13.8 Å². The summed E-state index contributed by atoms with van der Waals surface area (Å²) in [6, 6.07) is 3.81. The second kappa shape index (κ2) is 7.71. The quantitative estimate of drug-likeness (QED) is 0.679. The van der Waals surface area contributed by atoms with Gasteiger partial charge in [-0.05, 0) is 44.2 Å². The molecule has 1 N–H and O–H groups in total. The first kappa shape index (κ1) is 17.5. The molecule has 25 heavy (non-hydrogen) atoms. The lowest BCUT2D eigenvalue weighted by Gasteiger charge is -2.11. The molecule has 0 aliphatic heterocycles. The van der Waals surface area contributed by atoms with Crippen molar-refractivity contribution in [2.24, 2.45) is 0 Å². The third kappa shape index (κ3) is 3.69. The Bertz CT molecular complexity index is 865. The fourth-order valence-corrected chi connectivity index (χ4v) is 3.37. The molecular formula is C17H20N6OS. The Morgan fingerprint density at radius 1 is 1.20 bits per heavy atom. The van der Waals surface area contributed by atoms with Crippen molar-refractivity contribution in [2.45, 2.75) is 50.5 Å². The molecule has 0 fully saturated rings. The molecule has 7 nitrogen and oxygen atoms in total. The SMILES string of the molecule is CCCn1c(CO)nnc1Sc1nc(-c2cccnc2)nc(C)c1C. The second-order valence-corrected chi connectivity index (χ2v) is 6.57. The Kier molecular flexibility index (Phi) is 5.40. The van der Waals surface area contributed by atoms with Gasteiger partial charge in [0.05, 0.1) is 0 Å². The van der Waals surface area contributed by atoms with Gasteiger partial charge in [0.25, 0.3) is 0 Å². The van der Waals surface area contributed by atoms with E-state index in [2.05, 4.69) is 27.1 Å². The van der Waals surface area contributed by atoms with Crippen LogP contribution in [0.25, 0.3) is 11.4 Å². The number of pyridine rings is 1. The van der Waals surface area contributed by atoms with Crippen molar-refractivity contribution in [3.63, 3.8) is 0 Å². The van der Waals surface area contributed by atoms with E-state index in [1.807, 2.05) is 30.5 Å². The Labute approximate surface area is 150 Å². The first-order chi connectivity index (χ1) is 12.1. The van der Waals surface area contributed by atoms with E-state index in [1.165, 1.54) is 11.8 Å². The zero-order valence-electron chi connectivity index (χ0n) is 14.5. The summed E-state index contributed by atoms with van der Waals surface area (Å²) in [7, 11) is 0. The minimum atomic E-state index is -0.129. The molecule has 3 aromatic heterocycles. The number of hydrogen-bond acceptors (Lipinski definition) is 7. The fourth-order valence-electron chi connectivity index (χ4n) is 2.37. The van der Waals surface area contributed by atoms with E-state index in [-0.39, 0.29) is 6.61 Å². The van der Waals surface area contributed by atoms with Gasteiger partial charge in [0.2, 0.25) is 0 Å². The molecule has 0 aromatic carbocycles. The number of aryl methyl sites for hydroxylation is 1. The molecule has 0 unspecified atom stereocenters. The number of rotatable bonds is 6. The minimum Gasteiger partial charge on any atom is -0.388 e. The third-order valence-electron chi connectivity index (χ3n) is 3.83.